The Kier molecular flexibility index (Phi) is 3.91. The molecule has 0 atom stereocenters. The molecule has 1 saturated carbocycles. The summed E-state index contributed by atoms with van der Waals surface area (Å²) in [6.45, 7) is 3.46. The Morgan fingerprint density at radius 3 is 2.67 bits per heavy atom. The Balaban J connectivity index is 1.90. The van der Waals surface area contributed by atoms with Gasteiger partial charge >= 0.3 is 6.03 Å². The third-order valence-corrected chi connectivity index (χ3v) is 2.40. The SMILES string of the molecule is CCNC(=O)NCCC1CCC1. The van der Waals surface area contributed by atoms with Crippen molar-refractivity contribution in [2.75, 3.05) is 13.1 Å². The Labute approximate surface area is 73.9 Å². The van der Waals surface area contributed by atoms with E-state index < -0.39 is 0 Å². The second kappa shape index (κ2) is 5.01. The molecule has 0 radical (unpaired) electrons. The summed E-state index contributed by atoms with van der Waals surface area (Å²) in [6.07, 6.45) is 5.25. The third-order valence-electron chi connectivity index (χ3n) is 2.40. The van der Waals surface area contributed by atoms with Crippen LogP contribution in [0.15, 0.2) is 0 Å². The fraction of sp³-hybridized carbons (Fsp3) is 0.889. The van der Waals surface area contributed by atoms with Gasteiger partial charge in [0.2, 0.25) is 0 Å². The van der Waals surface area contributed by atoms with Gasteiger partial charge in [0.15, 0.2) is 0 Å². The van der Waals surface area contributed by atoms with Crippen molar-refractivity contribution >= 4 is 6.03 Å². The lowest BCUT2D eigenvalue weighted by atomic mass is 9.83. The number of hydrogen-bond acceptors (Lipinski definition) is 1. The summed E-state index contributed by atoms with van der Waals surface area (Å²) in [4.78, 5) is 10.9. The number of carbonyl (C=O) groups is 1. The molecule has 0 unspecified atom stereocenters. The number of carbonyl (C=O) groups excluding carboxylic acids is 1. The normalized spacial score (nSPS) is 16.8. The highest BCUT2D eigenvalue weighted by Crippen LogP contribution is 2.28. The van der Waals surface area contributed by atoms with E-state index >= 15 is 0 Å². The van der Waals surface area contributed by atoms with Gasteiger partial charge in [-0.15, -0.1) is 0 Å². The molecule has 1 fully saturated rings. The van der Waals surface area contributed by atoms with Gasteiger partial charge in [0.1, 0.15) is 0 Å². The van der Waals surface area contributed by atoms with Crippen LogP contribution in [0.5, 0.6) is 0 Å². The van der Waals surface area contributed by atoms with Gasteiger partial charge in [-0.05, 0) is 19.3 Å². The topological polar surface area (TPSA) is 41.1 Å². The molecule has 0 heterocycles. The minimum absolute atomic E-state index is 0.0307. The molecule has 1 rings (SSSR count). The fourth-order valence-electron chi connectivity index (χ4n) is 1.39. The maximum atomic E-state index is 10.9. The summed E-state index contributed by atoms with van der Waals surface area (Å²) >= 11 is 0. The first-order chi connectivity index (χ1) is 5.83. The minimum Gasteiger partial charge on any atom is -0.338 e. The van der Waals surface area contributed by atoms with Crippen molar-refractivity contribution in [3.63, 3.8) is 0 Å². The van der Waals surface area contributed by atoms with Crippen molar-refractivity contribution in [3.05, 3.63) is 0 Å². The molecule has 1 aliphatic carbocycles. The van der Waals surface area contributed by atoms with E-state index in [9.17, 15) is 4.79 Å². The molecule has 0 aromatic rings. The van der Waals surface area contributed by atoms with E-state index in [4.69, 9.17) is 0 Å². The average molecular weight is 170 g/mol. The molecular formula is C9H18N2O. The maximum Gasteiger partial charge on any atom is 0.314 e. The smallest absolute Gasteiger partial charge is 0.314 e. The Bertz CT molecular complexity index is 143. The van der Waals surface area contributed by atoms with E-state index in [1.54, 1.807) is 0 Å². The van der Waals surface area contributed by atoms with Gasteiger partial charge in [-0.3, -0.25) is 0 Å². The molecule has 3 heteroatoms. The first kappa shape index (κ1) is 9.36. The van der Waals surface area contributed by atoms with Gasteiger partial charge in [-0.2, -0.15) is 0 Å². The predicted octanol–water partition coefficient (Wildman–Crippen LogP) is 1.50. The second-order valence-electron chi connectivity index (χ2n) is 3.37. The van der Waals surface area contributed by atoms with Gasteiger partial charge in [0.25, 0.3) is 0 Å². The van der Waals surface area contributed by atoms with Crippen molar-refractivity contribution in [2.24, 2.45) is 5.92 Å². The number of rotatable bonds is 4. The van der Waals surface area contributed by atoms with E-state index in [2.05, 4.69) is 10.6 Å². The predicted molar refractivity (Wildman–Crippen MR) is 49.0 cm³/mol. The quantitative estimate of drug-likeness (QED) is 0.659. The second-order valence-corrected chi connectivity index (χ2v) is 3.37. The Hall–Kier alpha value is -0.730. The number of hydrogen-bond donors (Lipinski definition) is 2. The van der Waals surface area contributed by atoms with Crippen molar-refractivity contribution in [1.82, 2.24) is 10.6 Å². The van der Waals surface area contributed by atoms with Crippen molar-refractivity contribution in [2.45, 2.75) is 32.6 Å². The van der Waals surface area contributed by atoms with E-state index in [0.29, 0.717) is 6.54 Å². The van der Waals surface area contributed by atoms with Crippen LogP contribution in [0.3, 0.4) is 0 Å². The lowest BCUT2D eigenvalue weighted by Gasteiger charge is -2.25. The van der Waals surface area contributed by atoms with Crippen LogP contribution in [0.4, 0.5) is 4.79 Å². The van der Waals surface area contributed by atoms with Gasteiger partial charge in [-0.25, -0.2) is 4.79 Å². The molecule has 0 aromatic heterocycles. The highest BCUT2D eigenvalue weighted by Gasteiger charge is 2.16. The van der Waals surface area contributed by atoms with Crippen molar-refractivity contribution < 1.29 is 4.79 Å². The van der Waals surface area contributed by atoms with Gasteiger partial charge in [0, 0.05) is 13.1 Å². The van der Waals surface area contributed by atoms with Crippen LogP contribution < -0.4 is 10.6 Å². The highest BCUT2D eigenvalue weighted by atomic mass is 16.2. The van der Waals surface area contributed by atoms with Crippen LogP contribution >= 0.6 is 0 Å². The first-order valence-electron chi connectivity index (χ1n) is 4.84. The molecule has 0 bridgehead atoms. The summed E-state index contributed by atoms with van der Waals surface area (Å²) in [5.74, 6) is 0.881. The molecule has 3 nitrogen and oxygen atoms in total. The summed E-state index contributed by atoms with van der Waals surface area (Å²) < 4.78 is 0. The van der Waals surface area contributed by atoms with Crippen LogP contribution in [-0.4, -0.2) is 19.1 Å². The molecule has 0 aromatic carbocycles. The highest BCUT2D eigenvalue weighted by molar-refractivity contribution is 5.73. The van der Waals surface area contributed by atoms with Gasteiger partial charge in [-0.1, -0.05) is 19.3 Å². The molecular weight excluding hydrogens is 152 g/mol. The molecule has 2 N–H and O–H groups in total. The van der Waals surface area contributed by atoms with Crippen LogP contribution in [-0.2, 0) is 0 Å². The molecule has 70 valence electrons. The standard InChI is InChI=1S/C9H18N2O/c1-2-10-9(12)11-7-6-8-4-3-5-8/h8H,2-7H2,1H3,(H2,10,11,12). The molecule has 2 amide bonds. The summed E-state index contributed by atoms with van der Waals surface area (Å²) in [6, 6.07) is -0.0307. The van der Waals surface area contributed by atoms with Crippen LogP contribution in [0.1, 0.15) is 32.6 Å². The monoisotopic (exact) mass is 170 g/mol. The lowest BCUT2D eigenvalue weighted by molar-refractivity contribution is 0.237. The first-order valence-corrected chi connectivity index (χ1v) is 4.84. The molecule has 1 aliphatic rings. The molecule has 0 saturated heterocycles. The lowest BCUT2D eigenvalue weighted by Crippen LogP contribution is -2.36. The zero-order valence-electron chi connectivity index (χ0n) is 7.73. The number of urea groups is 1. The van der Waals surface area contributed by atoms with Crippen molar-refractivity contribution in [1.29, 1.82) is 0 Å². The van der Waals surface area contributed by atoms with E-state index in [1.807, 2.05) is 6.92 Å². The summed E-state index contributed by atoms with van der Waals surface area (Å²) in [5.41, 5.74) is 0. The molecule has 0 aliphatic heterocycles. The average Bonchev–Trinajstić information content (AvgIpc) is 1.95. The number of amides is 2. The van der Waals surface area contributed by atoms with Crippen LogP contribution in [0.2, 0.25) is 0 Å². The van der Waals surface area contributed by atoms with Gasteiger partial charge < -0.3 is 10.6 Å². The zero-order chi connectivity index (χ0) is 8.81. The van der Waals surface area contributed by atoms with Crippen molar-refractivity contribution in [3.8, 4) is 0 Å². The molecule has 12 heavy (non-hydrogen) atoms. The summed E-state index contributed by atoms with van der Waals surface area (Å²) in [7, 11) is 0. The maximum absolute atomic E-state index is 10.9. The van der Waals surface area contributed by atoms with E-state index in [-0.39, 0.29) is 6.03 Å². The van der Waals surface area contributed by atoms with Crippen LogP contribution in [0, 0.1) is 5.92 Å². The molecule has 0 spiro atoms. The van der Waals surface area contributed by atoms with Gasteiger partial charge in [0.05, 0.1) is 0 Å². The minimum atomic E-state index is -0.0307. The Morgan fingerprint density at radius 1 is 1.42 bits per heavy atom. The fourth-order valence-corrected chi connectivity index (χ4v) is 1.39. The summed E-state index contributed by atoms with van der Waals surface area (Å²) in [5, 5.41) is 5.54. The zero-order valence-corrected chi connectivity index (χ0v) is 7.73. The van der Waals surface area contributed by atoms with Crippen LogP contribution in [0.25, 0.3) is 0 Å². The Morgan fingerprint density at radius 2 is 2.17 bits per heavy atom. The third kappa shape index (κ3) is 3.11. The largest absolute Gasteiger partial charge is 0.338 e. The van der Waals surface area contributed by atoms with E-state index in [1.165, 1.54) is 19.3 Å². The van der Waals surface area contributed by atoms with E-state index in [0.717, 1.165) is 18.9 Å². The number of nitrogens with one attached hydrogen (secondary N) is 2.